The van der Waals surface area contributed by atoms with Crippen LogP contribution in [0.5, 0.6) is 0 Å². The highest BCUT2D eigenvalue weighted by molar-refractivity contribution is 9.11. The first-order valence-corrected chi connectivity index (χ1v) is 10.1. The predicted molar refractivity (Wildman–Crippen MR) is 110 cm³/mol. The molecule has 2 aromatic carbocycles. The second-order valence-electron chi connectivity index (χ2n) is 5.53. The number of aryl methyl sites for hydroxylation is 2. The van der Waals surface area contributed by atoms with Gasteiger partial charge in [0.15, 0.2) is 0 Å². The summed E-state index contributed by atoms with van der Waals surface area (Å²) in [5, 5.41) is 4.72. The zero-order valence-corrected chi connectivity index (χ0v) is 17.6. The average molecular weight is 481 g/mol. The Morgan fingerprint density at radius 1 is 1.12 bits per heavy atom. The Morgan fingerprint density at radius 3 is 2.52 bits per heavy atom. The lowest BCUT2D eigenvalue weighted by Crippen LogP contribution is -2.15. The van der Waals surface area contributed by atoms with E-state index in [9.17, 15) is 4.79 Å². The van der Waals surface area contributed by atoms with Gasteiger partial charge in [0.1, 0.15) is 10.9 Å². The summed E-state index contributed by atoms with van der Waals surface area (Å²) >= 11 is 8.40. The van der Waals surface area contributed by atoms with E-state index in [-0.39, 0.29) is 11.7 Å². The van der Waals surface area contributed by atoms with Crippen LogP contribution in [0.3, 0.4) is 0 Å². The molecule has 0 aliphatic heterocycles. The Bertz CT molecular complexity index is 939. The number of para-hydroxylation sites is 1. The molecular formula is C18H15Br2N3OS. The number of benzene rings is 2. The molecule has 0 aliphatic rings. The molecule has 128 valence electrons. The zero-order valence-electron chi connectivity index (χ0n) is 13.6. The van der Waals surface area contributed by atoms with Gasteiger partial charge >= 0.3 is 0 Å². The Hall–Kier alpha value is -1.44. The predicted octanol–water partition coefficient (Wildman–Crippen LogP) is 5.50. The van der Waals surface area contributed by atoms with E-state index >= 15 is 0 Å². The van der Waals surface area contributed by atoms with Gasteiger partial charge in [0, 0.05) is 14.3 Å². The number of carbonyl (C=O) groups is 1. The largest absolute Gasteiger partial charge is 0.323 e. The van der Waals surface area contributed by atoms with Crippen molar-refractivity contribution in [3.05, 3.63) is 56.7 Å². The molecule has 0 spiro atoms. The minimum absolute atomic E-state index is 0.0874. The number of fused-ring (bicyclic) bond motifs is 1. The molecule has 3 aromatic rings. The van der Waals surface area contributed by atoms with Crippen molar-refractivity contribution in [3.63, 3.8) is 0 Å². The van der Waals surface area contributed by atoms with Gasteiger partial charge < -0.3 is 5.32 Å². The van der Waals surface area contributed by atoms with Gasteiger partial charge in [-0.25, -0.2) is 9.97 Å². The van der Waals surface area contributed by atoms with E-state index < -0.39 is 0 Å². The Kier molecular flexibility index (Phi) is 5.76. The summed E-state index contributed by atoms with van der Waals surface area (Å²) in [5.74, 6) is 0.883. The summed E-state index contributed by atoms with van der Waals surface area (Å²) < 4.78 is 1.70. The molecule has 0 bridgehead atoms. The third-order valence-electron chi connectivity index (χ3n) is 3.47. The van der Waals surface area contributed by atoms with Gasteiger partial charge in [-0.2, -0.15) is 0 Å². The minimum Gasteiger partial charge on any atom is -0.323 e. The number of hydrogen-bond donors (Lipinski definition) is 1. The van der Waals surface area contributed by atoms with Crippen molar-refractivity contribution < 1.29 is 4.79 Å². The minimum atomic E-state index is -0.0874. The van der Waals surface area contributed by atoms with Crippen molar-refractivity contribution >= 4 is 66.1 Å². The third kappa shape index (κ3) is 4.40. The summed E-state index contributed by atoms with van der Waals surface area (Å²) in [4.78, 5) is 21.3. The quantitative estimate of drug-likeness (QED) is 0.395. The molecule has 1 amide bonds. The molecule has 3 rings (SSSR count). The fourth-order valence-electron chi connectivity index (χ4n) is 2.40. The number of rotatable bonds is 4. The number of carbonyl (C=O) groups excluding carboxylic acids is 1. The van der Waals surface area contributed by atoms with Gasteiger partial charge in [0.2, 0.25) is 5.91 Å². The number of hydrogen-bond acceptors (Lipinski definition) is 4. The molecule has 0 atom stereocenters. The molecule has 0 aliphatic carbocycles. The molecule has 1 N–H and O–H groups in total. The van der Waals surface area contributed by atoms with Crippen LogP contribution in [0.2, 0.25) is 0 Å². The summed E-state index contributed by atoms with van der Waals surface area (Å²) in [6.45, 7) is 3.86. The van der Waals surface area contributed by atoms with Gasteiger partial charge in [0.25, 0.3) is 0 Å². The summed E-state index contributed by atoms with van der Waals surface area (Å²) in [6.07, 6.45) is 0. The first-order valence-electron chi connectivity index (χ1n) is 7.55. The maximum absolute atomic E-state index is 12.4. The number of nitrogens with one attached hydrogen (secondary N) is 1. The second-order valence-corrected chi connectivity index (χ2v) is 8.21. The second kappa shape index (κ2) is 7.85. The molecule has 1 aromatic heterocycles. The number of halogens is 2. The highest BCUT2D eigenvalue weighted by Crippen LogP contribution is 2.33. The number of anilines is 1. The Labute approximate surface area is 167 Å². The first kappa shape index (κ1) is 18.4. The molecule has 7 heteroatoms. The van der Waals surface area contributed by atoms with Crippen molar-refractivity contribution in [2.45, 2.75) is 18.9 Å². The highest BCUT2D eigenvalue weighted by Gasteiger charge is 2.12. The van der Waals surface area contributed by atoms with Crippen LogP contribution in [-0.4, -0.2) is 21.6 Å². The molecule has 0 radical (unpaired) electrons. The lowest BCUT2D eigenvalue weighted by molar-refractivity contribution is -0.113. The third-order valence-corrected chi connectivity index (χ3v) is 5.71. The van der Waals surface area contributed by atoms with E-state index in [4.69, 9.17) is 0 Å². The molecule has 1 heterocycles. The van der Waals surface area contributed by atoms with Gasteiger partial charge in [-0.15, -0.1) is 0 Å². The average Bonchev–Trinajstić information content (AvgIpc) is 2.55. The summed E-state index contributed by atoms with van der Waals surface area (Å²) in [6, 6.07) is 11.8. The standard InChI is InChI=1S/C18H15Br2N3OS/c1-10-7-13(19)17(14(20)8-10)23-16(24)9-25-18-12-5-3-4-6-15(12)21-11(2)22-18/h3-8H,9H2,1-2H3,(H,23,24). The van der Waals surface area contributed by atoms with Crippen molar-refractivity contribution in [1.29, 1.82) is 0 Å². The number of nitrogens with zero attached hydrogens (tertiary/aromatic N) is 2. The lowest BCUT2D eigenvalue weighted by Gasteiger charge is -2.11. The van der Waals surface area contributed by atoms with E-state index in [1.807, 2.05) is 50.2 Å². The first-order chi connectivity index (χ1) is 11.9. The molecule has 0 saturated heterocycles. The van der Waals surface area contributed by atoms with E-state index in [2.05, 4.69) is 47.1 Å². The maximum Gasteiger partial charge on any atom is 0.234 e. The molecular weight excluding hydrogens is 466 g/mol. The molecule has 0 saturated carbocycles. The Morgan fingerprint density at radius 2 is 1.80 bits per heavy atom. The molecule has 25 heavy (non-hydrogen) atoms. The van der Waals surface area contributed by atoms with Gasteiger partial charge in [0.05, 0.1) is 17.0 Å². The van der Waals surface area contributed by atoms with Crippen molar-refractivity contribution in [2.24, 2.45) is 0 Å². The van der Waals surface area contributed by atoms with Gasteiger partial charge in [-0.05, 0) is 69.5 Å². The van der Waals surface area contributed by atoms with Crippen LogP contribution in [0.15, 0.2) is 50.4 Å². The van der Waals surface area contributed by atoms with E-state index in [0.29, 0.717) is 5.82 Å². The van der Waals surface area contributed by atoms with Gasteiger partial charge in [-0.1, -0.05) is 30.0 Å². The zero-order chi connectivity index (χ0) is 18.0. The normalized spacial score (nSPS) is 10.9. The van der Waals surface area contributed by atoms with E-state index in [1.165, 1.54) is 11.8 Å². The van der Waals surface area contributed by atoms with Crippen LogP contribution < -0.4 is 5.32 Å². The number of aromatic nitrogens is 2. The lowest BCUT2D eigenvalue weighted by atomic mass is 10.2. The summed E-state index contributed by atoms with van der Waals surface area (Å²) in [5.41, 5.74) is 2.73. The molecule has 4 nitrogen and oxygen atoms in total. The Balaban J connectivity index is 1.75. The SMILES string of the molecule is Cc1cc(Br)c(NC(=O)CSc2nc(C)nc3ccccc23)c(Br)c1. The van der Waals surface area contributed by atoms with Crippen LogP contribution in [0, 0.1) is 13.8 Å². The van der Waals surface area contributed by atoms with Crippen molar-refractivity contribution in [3.8, 4) is 0 Å². The van der Waals surface area contributed by atoms with Crippen LogP contribution in [0.1, 0.15) is 11.4 Å². The summed E-state index contributed by atoms with van der Waals surface area (Å²) in [7, 11) is 0. The number of amides is 1. The van der Waals surface area contributed by atoms with Crippen molar-refractivity contribution in [2.75, 3.05) is 11.1 Å². The fraction of sp³-hybridized carbons (Fsp3) is 0.167. The number of thioether (sulfide) groups is 1. The monoisotopic (exact) mass is 479 g/mol. The molecule has 0 unspecified atom stereocenters. The van der Waals surface area contributed by atoms with Crippen LogP contribution in [0.4, 0.5) is 5.69 Å². The fourth-order valence-corrected chi connectivity index (χ4v) is 4.88. The highest BCUT2D eigenvalue weighted by atomic mass is 79.9. The molecule has 0 fully saturated rings. The maximum atomic E-state index is 12.4. The van der Waals surface area contributed by atoms with Crippen LogP contribution in [-0.2, 0) is 4.79 Å². The van der Waals surface area contributed by atoms with Crippen LogP contribution in [0.25, 0.3) is 10.9 Å². The van der Waals surface area contributed by atoms with E-state index in [0.717, 1.165) is 36.1 Å². The van der Waals surface area contributed by atoms with Crippen molar-refractivity contribution in [1.82, 2.24) is 9.97 Å². The van der Waals surface area contributed by atoms with E-state index in [1.54, 1.807) is 0 Å². The van der Waals surface area contributed by atoms with Gasteiger partial charge in [-0.3, -0.25) is 4.79 Å². The topological polar surface area (TPSA) is 54.9 Å². The van der Waals surface area contributed by atoms with Crippen LogP contribution >= 0.6 is 43.6 Å². The smallest absolute Gasteiger partial charge is 0.234 e.